The summed E-state index contributed by atoms with van der Waals surface area (Å²) < 4.78 is 16.5. The van der Waals surface area contributed by atoms with Crippen molar-refractivity contribution in [1.82, 2.24) is 14.7 Å². The summed E-state index contributed by atoms with van der Waals surface area (Å²) in [4.78, 5) is 18.4. The molecule has 7 heteroatoms. The minimum atomic E-state index is 0.132. The molecule has 168 valence electrons. The van der Waals surface area contributed by atoms with Gasteiger partial charge < -0.3 is 28.9 Å². The summed E-state index contributed by atoms with van der Waals surface area (Å²) in [5, 5.41) is 0. The minimum Gasteiger partial charge on any atom is -0.379 e. The molecule has 0 unspecified atom stereocenters. The number of nitrogens with zero attached hydrogens (tertiary/aromatic N) is 3. The predicted molar refractivity (Wildman–Crippen MR) is 115 cm³/mol. The number of amides is 1. The van der Waals surface area contributed by atoms with Crippen LogP contribution in [0.2, 0.25) is 0 Å². The van der Waals surface area contributed by atoms with E-state index in [4.69, 9.17) is 14.2 Å². The van der Waals surface area contributed by atoms with Crippen molar-refractivity contribution in [2.45, 2.75) is 52.6 Å². The first-order chi connectivity index (χ1) is 13.3. The van der Waals surface area contributed by atoms with Gasteiger partial charge in [0.15, 0.2) is 0 Å². The zero-order chi connectivity index (χ0) is 21.4. The predicted octanol–water partition coefficient (Wildman–Crippen LogP) is 1.96. The van der Waals surface area contributed by atoms with Crippen molar-refractivity contribution in [2.75, 3.05) is 80.4 Å². The van der Waals surface area contributed by atoms with Gasteiger partial charge in [-0.2, -0.15) is 0 Å². The summed E-state index contributed by atoms with van der Waals surface area (Å²) in [6.45, 7) is 14.8. The third-order valence-electron chi connectivity index (χ3n) is 4.99. The highest BCUT2D eigenvalue weighted by atomic mass is 16.5. The molecule has 0 spiro atoms. The first-order valence-electron chi connectivity index (χ1n) is 10.6. The molecule has 0 rings (SSSR count). The number of hydrogen-bond acceptors (Lipinski definition) is 6. The molecule has 0 aliphatic rings. The molecule has 0 aliphatic carbocycles. The van der Waals surface area contributed by atoms with Crippen molar-refractivity contribution in [1.29, 1.82) is 0 Å². The Hall–Kier alpha value is -0.730. The summed E-state index contributed by atoms with van der Waals surface area (Å²) in [6, 6.07) is 1.07. The van der Waals surface area contributed by atoms with Gasteiger partial charge in [-0.05, 0) is 54.8 Å². The lowest BCUT2D eigenvalue weighted by Gasteiger charge is -2.23. The fraction of sp³-hybridized carbons (Fsp3) is 0.952. The highest BCUT2D eigenvalue weighted by Crippen LogP contribution is 1.99. The number of rotatable bonds is 18. The zero-order valence-corrected chi connectivity index (χ0v) is 19.4. The molecule has 0 saturated carbocycles. The molecule has 7 nitrogen and oxygen atoms in total. The molecule has 0 aromatic rings. The van der Waals surface area contributed by atoms with Gasteiger partial charge in [-0.1, -0.05) is 0 Å². The normalized spacial score (nSPS) is 12.0. The van der Waals surface area contributed by atoms with E-state index in [1.807, 2.05) is 7.05 Å². The second-order valence-electron chi connectivity index (χ2n) is 7.90. The van der Waals surface area contributed by atoms with Gasteiger partial charge in [-0.15, -0.1) is 0 Å². The van der Waals surface area contributed by atoms with Crippen molar-refractivity contribution in [3.05, 3.63) is 0 Å². The maximum absolute atomic E-state index is 12.1. The van der Waals surface area contributed by atoms with Crippen LogP contribution in [0.5, 0.6) is 0 Å². The molecule has 0 saturated heterocycles. The first-order valence-corrected chi connectivity index (χ1v) is 10.6. The molecule has 0 aliphatic heterocycles. The maximum Gasteiger partial charge on any atom is 0.224 e. The monoisotopic (exact) mass is 403 g/mol. The highest BCUT2D eigenvalue weighted by Gasteiger charge is 2.09. The fourth-order valence-corrected chi connectivity index (χ4v) is 2.30. The van der Waals surface area contributed by atoms with Crippen molar-refractivity contribution in [2.24, 2.45) is 0 Å². The Morgan fingerprint density at radius 2 is 1.14 bits per heavy atom. The lowest BCUT2D eigenvalue weighted by Crippen LogP contribution is -2.33. The Balaban J connectivity index is 3.44. The Labute approximate surface area is 173 Å². The molecular weight excluding hydrogens is 358 g/mol. The van der Waals surface area contributed by atoms with Crippen LogP contribution in [0.1, 0.15) is 40.5 Å². The molecule has 28 heavy (non-hydrogen) atoms. The Morgan fingerprint density at radius 1 is 0.679 bits per heavy atom. The molecule has 0 aromatic carbocycles. The lowest BCUT2D eigenvalue weighted by molar-refractivity contribution is -0.131. The molecule has 0 fully saturated rings. The molecule has 1 amide bonds. The summed E-state index contributed by atoms with van der Waals surface area (Å²) in [6.07, 6.45) is 1.41. The van der Waals surface area contributed by atoms with Gasteiger partial charge >= 0.3 is 0 Å². The van der Waals surface area contributed by atoms with Gasteiger partial charge in [0.25, 0.3) is 0 Å². The van der Waals surface area contributed by atoms with Crippen LogP contribution in [0.25, 0.3) is 0 Å². The number of likely N-dealkylation sites (N-methyl/N-ethyl adjacent to an activating group) is 1. The molecule has 0 atom stereocenters. The molecule has 0 heterocycles. The van der Waals surface area contributed by atoms with E-state index >= 15 is 0 Å². The van der Waals surface area contributed by atoms with Gasteiger partial charge in [0.1, 0.15) is 0 Å². The van der Waals surface area contributed by atoms with E-state index < -0.39 is 0 Å². The average Bonchev–Trinajstić information content (AvgIpc) is 2.65. The Bertz CT molecular complexity index is 381. The lowest BCUT2D eigenvalue weighted by atomic mass is 10.3. The average molecular weight is 404 g/mol. The largest absolute Gasteiger partial charge is 0.379 e. The third-order valence-corrected chi connectivity index (χ3v) is 4.99. The highest BCUT2D eigenvalue weighted by molar-refractivity contribution is 5.75. The third kappa shape index (κ3) is 15.2. The van der Waals surface area contributed by atoms with Crippen molar-refractivity contribution < 1.29 is 19.0 Å². The van der Waals surface area contributed by atoms with E-state index in [-0.39, 0.29) is 5.91 Å². The zero-order valence-electron chi connectivity index (χ0n) is 19.4. The van der Waals surface area contributed by atoms with E-state index in [1.165, 1.54) is 0 Å². The summed E-state index contributed by atoms with van der Waals surface area (Å²) >= 11 is 0. The van der Waals surface area contributed by atoms with Gasteiger partial charge in [0.05, 0.1) is 46.1 Å². The van der Waals surface area contributed by atoms with Gasteiger partial charge in [0, 0.05) is 32.2 Å². The first kappa shape index (κ1) is 27.3. The minimum absolute atomic E-state index is 0.132. The van der Waals surface area contributed by atoms with Gasteiger partial charge in [0.2, 0.25) is 5.91 Å². The second kappa shape index (κ2) is 17.2. The number of carbonyl (C=O) groups excluding carboxylic acids is 1. The van der Waals surface area contributed by atoms with E-state index in [1.54, 1.807) is 4.90 Å². The quantitative estimate of drug-likeness (QED) is 0.326. The van der Waals surface area contributed by atoms with Crippen molar-refractivity contribution in [3.63, 3.8) is 0 Å². The van der Waals surface area contributed by atoms with E-state index in [0.29, 0.717) is 51.5 Å². The van der Waals surface area contributed by atoms with E-state index in [2.05, 4.69) is 51.6 Å². The summed E-state index contributed by atoms with van der Waals surface area (Å²) in [5.41, 5.74) is 0. The van der Waals surface area contributed by atoms with Crippen molar-refractivity contribution in [3.8, 4) is 0 Å². The molecule has 0 N–H and O–H groups in total. The van der Waals surface area contributed by atoms with Crippen LogP contribution in [-0.4, -0.2) is 113 Å². The van der Waals surface area contributed by atoms with Gasteiger partial charge in [-0.25, -0.2) is 0 Å². The Morgan fingerprint density at radius 3 is 1.68 bits per heavy atom. The van der Waals surface area contributed by atoms with Crippen LogP contribution >= 0.6 is 0 Å². The van der Waals surface area contributed by atoms with Crippen molar-refractivity contribution >= 4 is 5.91 Å². The van der Waals surface area contributed by atoms with Crippen LogP contribution in [0.4, 0.5) is 0 Å². The van der Waals surface area contributed by atoms with Crippen LogP contribution in [0.3, 0.4) is 0 Å². The number of carbonyl (C=O) groups is 1. The summed E-state index contributed by atoms with van der Waals surface area (Å²) in [5.74, 6) is 0.132. The topological polar surface area (TPSA) is 54.5 Å². The molecule has 0 radical (unpaired) electrons. The maximum atomic E-state index is 12.1. The van der Waals surface area contributed by atoms with E-state index in [9.17, 15) is 4.79 Å². The van der Waals surface area contributed by atoms with Crippen LogP contribution in [0, 0.1) is 0 Å². The van der Waals surface area contributed by atoms with E-state index in [0.717, 1.165) is 32.7 Å². The molecule has 0 bridgehead atoms. The molecule has 0 aromatic heterocycles. The second-order valence-corrected chi connectivity index (χ2v) is 7.90. The molecular formula is C21H45N3O4. The number of ether oxygens (including phenoxy) is 3. The fourth-order valence-electron chi connectivity index (χ4n) is 2.30. The smallest absolute Gasteiger partial charge is 0.224 e. The van der Waals surface area contributed by atoms with Crippen LogP contribution < -0.4 is 0 Å². The Kier molecular flexibility index (Phi) is 16.7. The van der Waals surface area contributed by atoms with Crippen LogP contribution in [-0.2, 0) is 19.0 Å². The van der Waals surface area contributed by atoms with Crippen LogP contribution in [0.15, 0.2) is 0 Å². The SMILES string of the molecule is CC(C)N(C)CCCN(C)C(=O)CCOCCOCCOCCN(C)C(C)C. The summed E-state index contributed by atoms with van der Waals surface area (Å²) in [7, 11) is 6.07. The number of hydrogen-bond donors (Lipinski definition) is 0. The van der Waals surface area contributed by atoms with Gasteiger partial charge in [-0.3, -0.25) is 4.79 Å². The standard InChI is InChI=1S/C21H45N3O4/c1-19(2)22(5)10-8-11-24(7)21(25)9-13-26-15-17-28-18-16-27-14-12-23(6)20(3)4/h19-20H,8-18H2,1-7H3.